The summed E-state index contributed by atoms with van der Waals surface area (Å²) < 4.78 is 2.39. The van der Waals surface area contributed by atoms with Gasteiger partial charge in [0, 0.05) is 50.6 Å². The Morgan fingerprint density at radius 3 is 1.33 bits per heavy atom. The van der Waals surface area contributed by atoms with Gasteiger partial charge in [0.2, 0.25) is 0 Å². The molecule has 10 aromatic carbocycles. The first-order valence-corrected chi connectivity index (χ1v) is 19.5. The van der Waals surface area contributed by atoms with Crippen molar-refractivity contribution in [3.8, 4) is 5.69 Å². The highest BCUT2D eigenvalue weighted by molar-refractivity contribution is 6.18. The molecule has 0 aliphatic carbocycles. The van der Waals surface area contributed by atoms with Gasteiger partial charge in [0.25, 0.3) is 0 Å². The molecule has 11 aromatic rings. The number of benzene rings is 10. The van der Waals surface area contributed by atoms with Crippen LogP contribution in [0.15, 0.2) is 224 Å². The third-order valence-corrected chi connectivity index (χ3v) is 11.3. The molecule has 3 nitrogen and oxygen atoms in total. The number of hydrogen-bond donors (Lipinski definition) is 0. The van der Waals surface area contributed by atoms with Gasteiger partial charge in [-0.1, -0.05) is 133 Å². The van der Waals surface area contributed by atoms with E-state index in [1.54, 1.807) is 0 Å². The number of nitrogens with zero attached hydrogens (tertiary/aromatic N) is 3. The van der Waals surface area contributed by atoms with Crippen LogP contribution >= 0.6 is 0 Å². The van der Waals surface area contributed by atoms with Crippen LogP contribution in [0.25, 0.3) is 59.8 Å². The molecule has 1 aromatic heterocycles. The minimum atomic E-state index is 1.08. The molecule has 1 heterocycles. The number of aromatic nitrogens is 1. The Hall–Kier alpha value is -7.62. The van der Waals surface area contributed by atoms with E-state index < -0.39 is 0 Å². The maximum absolute atomic E-state index is 2.40. The minimum Gasteiger partial charge on any atom is -0.311 e. The molecule has 0 radical (unpaired) electrons. The van der Waals surface area contributed by atoms with Crippen LogP contribution in [-0.2, 0) is 0 Å². The second-order valence-corrected chi connectivity index (χ2v) is 14.6. The Bertz CT molecular complexity index is 3180. The van der Waals surface area contributed by atoms with Crippen molar-refractivity contribution in [1.82, 2.24) is 4.57 Å². The normalized spacial score (nSPS) is 11.5. The van der Waals surface area contributed by atoms with Gasteiger partial charge in [0.15, 0.2) is 0 Å². The van der Waals surface area contributed by atoms with Crippen LogP contribution < -0.4 is 9.80 Å². The Balaban J connectivity index is 1.11. The first kappa shape index (κ1) is 32.8. The van der Waals surface area contributed by atoms with Gasteiger partial charge in [-0.25, -0.2) is 0 Å². The summed E-state index contributed by atoms with van der Waals surface area (Å²) >= 11 is 0. The molecule has 0 fully saturated rings. The number of hydrogen-bond acceptors (Lipinski definition) is 2. The summed E-state index contributed by atoms with van der Waals surface area (Å²) in [5, 5.41) is 10.0. The molecular weight excluding hydrogens is 691 g/mol. The SMILES string of the molecule is c1ccc(N(c2ccccc2)c2ccc(N(c3ccc4c(ccc5c6ccccc6ccc45)c3)c3ccc4c5ccccc5n(-c5ccccc5)c4c3)cc2)cc1. The topological polar surface area (TPSA) is 11.4 Å². The average molecular weight is 728 g/mol. The standard InChI is InChI=1S/C54H37N3/c1-4-15-40(16-5-1)55(41-17-6-2-7-18-41)43-26-28-44(29-27-43)56(45-30-34-48-39(36-45)25-33-49-47-21-11-10-14-38(47)24-32-50(48)49)46-31-35-52-51-22-12-13-23-53(51)57(54(52)37-46)42-19-8-3-9-20-42/h1-37H. The molecule has 3 heteroatoms. The molecule has 0 N–H and O–H groups in total. The summed E-state index contributed by atoms with van der Waals surface area (Å²) in [6, 6.07) is 81.1. The van der Waals surface area contributed by atoms with E-state index in [1.807, 2.05) is 0 Å². The van der Waals surface area contributed by atoms with Crippen molar-refractivity contribution in [2.75, 3.05) is 9.80 Å². The molecule has 0 unspecified atom stereocenters. The second kappa shape index (κ2) is 13.6. The minimum absolute atomic E-state index is 1.08. The van der Waals surface area contributed by atoms with Crippen molar-refractivity contribution in [2.24, 2.45) is 0 Å². The predicted molar refractivity (Wildman–Crippen MR) is 243 cm³/mol. The quantitative estimate of drug-likeness (QED) is 0.151. The smallest absolute Gasteiger partial charge is 0.0561 e. The van der Waals surface area contributed by atoms with Gasteiger partial charge < -0.3 is 14.4 Å². The fraction of sp³-hybridized carbons (Fsp3) is 0. The molecule has 0 saturated carbocycles. The summed E-state index contributed by atoms with van der Waals surface area (Å²) in [6.07, 6.45) is 0. The molecule has 268 valence electrons. The third-order valence-electron chi connectivity index (χ3n) is 11.3. The lowest BCUT2D eigenvalue weighted by atomic mass is 9.96. The molecule has 57 heavy (non-hydrogen) atoms. The second-order valence-electron chi connectivity index (χ2n) is 14.6. The van der Waals surface area contributed by atoms with Crippen LogP contribution in [0.2, 0.25) is 0 Å². The zero-order valence-electron chi connectivity index (χ0n) is 31.2. The van der Waals surface area contributed by atoms with Gasteiger partial charge in [-0.15, -0.1) is 0 Å². The zero-order valence-corrected chi connectivity index (χ0v) is 31.2. The fourth-order valence-corrected chi connectivity index (χ4v) is 8.71. The van der Waals surface area contributed by atoms with Crippen molar-refractivity contribution in [1.29, 1.82) is 0 Å². The van der Waals surface area contributed by atoms with Gasteiger partial charge in [0.1, 0.15) is 0 Å². The predicted octanol–water partition coefficient (Wildman–Crippen LogP) is 15.2. The highest BCUT2D eigenvalue weighted by atomic mass is 15.2. The van der Waals surface area contributed by atoms with Crippen molar-refractivity contribution in [3.05, 3.63) is 224 Å². The number of para-hydroxylation sites is 4. The molecule has 0 saturated heterocycles. The molecule has 0 amide bonds. The Labute approximate surface area is 331 Å². The number of rotatable bonds is 7. The van der Waals surface area contributed by atoms with Gasteiger partial charge in [-0.3, -0.25) is 0 Å². The molecule has 0 spiro atoms. The van der Waals surface area contributed by atoms with E-state index in [0.717, 1.165) is 39.8 Å². The Morgan fingerprint density at radius 2 is 0.667 bits per heavy atom. The molecular formula is C54H37N3. The summed E-state index contributed by atoms with van der Waals surface area (Å²) in [4.78, 5) is 4.71. The van der Waals surface area contributed by atoms with E-state index in [-0.39, 0.29) is 0 Å². The van der Waals surface area contributed by atoms with Gasteiger partial charge in [-0.2, -0.15) is 0 Å². The van der Waals surface area contributed by atoms with E-state index in [4.69, 9.17) is 0 Å². The lowest BCUT2D eigenvalue weighted by Gasteiger charge is -2.28. The fourth-order valence-electron chi connectivity index (χ4n) is 8.71. The van der Waals surface area contributed by atoms with Crippen LogP contribution in [0.1, 0.15) is 0 Å². The largest absolute Gasteiger partial charge is 0.311 e. The van der Waals surface area contributed by atoms with E-state index in [9.17, 15) is 0 Å². The molecule has 0 aliphatic heterocycles. The van der Waals surface area contributed by atoms with Crippen LogP contribution in [0.5, 0.6) is 0 Å². The van der Waals surface area contributed by atoms with Gasteiger partial charge in [-0.05, 0) is 123 Å². The Kier molecular flexibility index (Phi) is 7.82. The number of fused-ring (bicyclic) bond motifs is 8. The van der Waals surface area contributed by atoms with E-state index >= 15 is 0 Å². The maximum atomic E-state index is 2.40. The van der Waals surface area contributed by atoms with Crippen LogP contribution in [0.3, 0.4) is 0 Å². The first-order valence-electron chi connectivity index (χ1n) is 19.5. The zero-order chi connectivity index (χ0) is 37.7. The maximum Gasteiger partial charge on any atom is 0.0561 e. The van der Waals surface area contributed by atoms with Crippen molar-refractivity contribution >= 4 is 88.2 Å². The lowest BCUT2D eigenvalue weighted by Crippen LogP contribution is -2.12. The van der Waals surface area contributed by atoms with Crippen molar-refractivity contribution < 1.29 is 0 Å². The van der Waals surface area contributed by atoms with Crippen LogP contribution in [0.4, 0.5) is 34.1 Å². The van der Waals surface area contributed by atoms with E-state index in [1.165, 1.54) is 54.1 Å². The first-order chi connectivity index (χ1) is 28.3. The number of anilines is 6. The molecule has 0 bridgehead atoms. The van der Waals surface area contributed by atoms with Crippen molar-refractivity contribution in [2.45, 2.75) is 0 Å². The summed E-state index contributed by atoms with van der Waals surface area (Å²) in [6.45, 7) is 0. The Morgan fingerprint density at radius 1 is 0.246 bits per heavy atom. The third kappa shape index (κ3) is 5.60. The molecule has 0 atom stereocenters. The van der Waals surface area contributed by atoms with Gasteiger partial charge in [0.05, 0.1) is 11.0 Å². The monoisotopic (exact) mass is 727 g/mol. The highest BCUT2D eigenvalue weighted by Gasteiger charge is 2.19. The highest BCUT2D eigenvalue weighted by Crippen LogP contribution is 2.43. The lowest BCUT2D eigenvalue weighted by molar-refractivity contribution is 1.18. The summed E-state index contributed by atoms with van der Waals surface area (Å²) in [7, 11) is 0. The van der Waals surface area contributed by atoms with E-state index in [0.29, 0.717) is 0 Å². The van der Waals surface area contributed by atoms with Crippen molar-refractivity contribution in [3.63, 3.8) is 0 Å². The molecule has 11 rings (SSSR count). The molecule has 0 aliphatic rings. The van der Waals surface area contributed by atoms with Crippen LogP contribution in [-0.4, -0.2) is 4.57 Å². The van der Waals surface area contributed by atoms with E-state index in [2.05, 4.69) is 239 Å². The van der Waals surface area contributed by atoms with Gasteiger partial charge >= 0.3 is 0 Å². The summed E-state index contributed by atoms with van der Waals surface area (Å²) in [5.74, 6) is 0. The van der Waals surface area contributed by atoms with Crippen LogP contribution in [0, 0.1) is 0 Å². The summed E-state index contributed by atoms with van der Waals surface area (Å²) in [5.41, 5.74) is 10.1. The average Bonchev–Trinajstić information content (AvgIpc) is 3.61.